The van der Waals surface area contributed by atoms with Crippen molar-refractivity contribution in [3.63, 3.8) is 0 Å². The molecule has 0 aromatic carbocycles. The van der Waals surface area contributed by atoms with Crippen LogP contribution in [0.1, 0.15) is 27.2 Å². The summed E-state index contributed by atoms with van der Waals surface area (Å²) in [6.07, 6.45) is -3.87. The number of hydrogen-bond acceptors (Lipinski definition) is 5. The molecule has 6 nitrogen and oxygen atoms in total. The van der Waals surface area contributed by atoms with Gasteiger partial charge in [-0.1, -0.05) is 20.8 Å². The molecular formula is C13H26O6Si. The minimum Gasteiger partial charge on any atom is -0.479 e. The second-order valence-electron chi connectivity index (χ2n) is 6.99. The maximum Gasteiger partial charge on any atom is 0.338 e. The molecule has 5 atom stereocenters. The van der Waals surface area contributed by atoms with Crippen LogP contribution in [-0.2, 0) is 9.22 Å². The summed E-state index contributed by atoms with van der Waals surface area (Å²) in [4.78, 5) is 11.4. The van der Waals surface area contributed by atoms with Gasteiger partial charge in [0.25, 0.3) is 0 Å². The lowest BCUT2D eigenvalue weighted by atomic mass is 9.64. The summed E-state index contributed by atoms with van der Waals surface area (Å²) in [5.74, 6) is -2.03. The van der Waals surface area contributed by atoms with Gasteiger partial charge < -0.3 is 24.9 Å². The topological polar surface area (TPSA) is 107 Å². The van der Waals surface area contributed by atoms with E-state index in [4.69, 9.17) is 4.43 Å². The molecule has 1 saturated carbocycles. The van der Waals surface area contributed by atoms with Crippen LogP contribution in [0.2, 0.25) is 13.1 Å². The molecule has 1 aliphatic rings. The van der Waals surface area contributed by atoms with E-state index in [1.807, 2.05) is 33.9 Å². The van der Waals surface area contributed by atoms with E-state index in [1.54, 1.807) is 0 Å². The van der Waals surface area contributed by atoms with E-state index in [9.17, 15) is 25.2 Å². The van der Waals surface area contributed by atoms with E-state index in [-0.39, 0.29) is 6.42 Å². The normalized spacial score (nSPS) is 39.0. The SMILES string of the molecule is C[SiH](C)OC1C(O)C(C(C)(C)C)C(O)CC1(O)C(=O)O. The molecule has 0 bridgehead atoms. The molecule has 20 heavy (non-hydrogen) atoms. The highest BCUT2D eigenvalue weighted by Gasteiger charge is 2.59. The quantitative estimate of drug-likeness (QED) is 0.545. The van der Waals surface area contributed by atoms with Gasteiger partial charge in [-0.05, 0) is 18.5 Å². The van der Waals surface area contributed by atoms with Crippen molar-refractivity contribution in [3.8, 4) is 0 Å². The van der Waals surface area contributed by atoms with Gasteiger partial charge in [-0.15, -0.1) is 0 Å². The van der Waals surface area contributed by atoms with Crippen LogP contribution in [0.4, 0.5) is 0 Å². The number of carboxylic acid groups (broad SMARTS) is 1. The number of rotatable bonds is 3. The summed E-state index contributed by atoms with van der Waals surface area (Å²) >= 11 is 0. The van der Waals surface area contributed by atoms with Gasteiger partial charge in [0, 0.05) is 12.3 Å². The Bertz CT molecular complexity index is 366. The lowest BCUT2D eigenvalue weighted by molar-refractivity contribution is -0.221. The Hall–Kier alpha value is -0.473. The molecule has 0 spiro atoms. The van der Waals surface area contributed by atoms with E-state index in [0.717, 1.165) is 0 Å². The van der Waals surface area contributed by atoms with Gasteiger partial charge in [0.1, 0.15) is 6.10 Å². The molecule has 0 amide bonds. The van der Waals surface area contributed by atoms with E-state index in [2.05, 4.69) is 0 Å². The Morgan fingerprint density at radius 2 is 1.80 bits per heavy atom. The fraction of sp³-hybridized carbons (Fsp3) is 0.923. The lowest BCUT2D eigenvalue weighted by Crippen LogP contribution is -2.67. The van der Waals surface area contributed by atoms with Gasteiger partial charge in [0.2, 0.25) is 0 Å². The third-order valence-electron chi connectivity index (χ3n) is 3.87. The minimum atomic E-state index is -2.25. The Kier molecular flexibility index (Phi) is 5.03. The largest absolute Gasteiger partial charge is 0.479 e. The van der Waals surface area contributed by atoms with Gasteiger partial charge in [-0.25, -0.2) is 4.79 Å². The highest BCUT2D eigenvalue weighted by atomic mass is 28.3. The highest BCUT2D eigenvalue weighted by molar-refractivity contribution is 6.48. The van der Waals surface area contributed by atoms with E-state index in [0.29, 0.717) is 0 Å². The second kappa shape index (κ2) is 5.73. The predicted octanol–water partition coefficient (Wildman–Crippen LogP) is -0.0415. The van der Waals surface area contributed by atoms with Crippen LogP contribution in [0.25, 0.3) is 0 Å². The van der Waals surface area contributed by atoms with Crippen molar-refractivity contribution < 1.29 is 29.6 Å². The number of hydrogen-bond donors (Lipinski definition) is 4. The van der Waals surface area contributed by atoms with Crippen LogP contribution in [0.5, 0.6) is 0 Å². The second-order valence-corrected chi connectivity index (χ2v) is 9.36. The third-order valence-corrected chi connectivity index (χ3v) is 4.71. The molecule has 0 heterocycles. The first-order chi connectivity index (χ1) is 8.91. The van der Waals surface area contributed by atoms with Crippen LogP contribution in [-0.4, -0.2) is 59.3 Å². The average Bonchev–Trinajstić information content (AvgIpc) is 2.21. The zero-order valence-electron chi connectivity index (χ0n) is 12.7. The molecule has 0 radical (unpaired) electrons. The Labute approximate surface area is 121 Å². The molecule has 7 heteroatoms. The highest BCUT2D eigenvalue weighted by Crippen LogP contribution is 2.43. The van der Waals surface area contributed by atoms with E-state index < -0.39 is 50.3 Å². The van der Waals surface area contributed by atoms with E-state index in [1.165, 1.54) is 0 Å². The van der Waals surface area contributed by atoms with Crippen LogP contribution in [0.3, 0.4) is 0 Å². The monoisotopic (exact) mass is 306 g/mol. The molecule has 118 valence electrons. The number of carboxylic acids is 1. The van der Waals surface area contributed by atoms with Gasteiger partial charge in [0.05, 0.1) is 12.2 Å². The summed E-state index contributed by atoms with van der Waals surface area (Å²) in [6.45, 7) is 9.26. The van der Waals surface area contributed by atoms with Crippen molar-refractivity contribution >= 4 is 15.0 Å². The van der Waals surface area contributed by atoms with Crippen LogP contribution < -0.4 is 0 Å². The van der Waals surface area contributed by atoms with Crippen LogP contribution in [0, 0.1) is 11.3 Å². The maximum atomic E-state index is 11.4. The predicted molar refractivity (Wildman–Crippen MR) is 75.9 cm³/mol. The first-order valence-corrected chi connectivity index (χ1v) is 9.66. The fourth-order valence-electron chi connectivity index (χ4n) is 3.05. The molecule has 1 rings (SSSR count). The van der Waals surface area contributed by atoms with Gasteiger partial charge in [-0.3, -0.25) is 0 Å². The zero-order valence-corrected chi connectivity index (χ0v) is 13.9. The van der Waals surface area contributed by atoms with Crippen molar-refractivity contribution in [1.82, 2.24) is 0 Å². The van der Waals surface area contributed by atoms with Crippen LogP contribution >= 0.6 is 0 Å². The summed E-state index contributed by atoms with van der Waals surface area (Å²) in [7, 11) is -1.67. The third kappa shape index (κ3) is 3.23. The Morgan fingerprint density at radius 1 is 1.30 bits per heavy atom. The Balaban J connectivity index is 3.19. The summed E-state index contributed by atoms with van der Waals surface area (Å²) in [5, 5.41) is 40.3. The lowest BCUT2D eigenvalue weighted by Gasteiger charge is -2.50. The number of aliphatic hydroxyl groups is 3. The number of aliphatic hydroxyl groups excluding tert-OH is 2. The number of aliphatic carboxylic acids is 1. The molecule has 4 N–H and O–H groups in total. The van der Waals surface area contributed by atoms with Crippen molar-refractivity contribution in [2.24, 2.45) is 11.3 Å². The standard InChI is InChI=1S/C13H26O6Si/c1-12(2,3)8-7(14)6-13(18,11(16)17)10(9(8)15)19-20(4)5/h7-10,14-15,18,20H,6H2,1-5H3,(H,16,17). The zero-order chi connectivity index (χ0) is 15.9. The molecule has 1 fully saturated rings. The van der Waals surface area contributed by atoms with E-state index >= 15 is 0 Å². The molecule has 0 aromatic heterocycles. The van der Waals surface area contributed by atoms with Gasteiger partial charge in [-0.2, -0.15) is 0 Å². The molecule has 0 aromatic rings. The summed E-state index contributed by atoms with van der Waals surface area (Å²) in [6, 6.07) is 0. The molecule has 0 saturated heterocycles. The summed E-state index contributed by atoms with van der Waals surface area (Å²) < 4.78 is 5.60. The summed E-state index contributed by atoms with van der Waals surface area (Å²) in [5.41, 5.74) is -2.68. The van der Waals surface area contributed by atoms with Crippen molar-refractivity contribution in [2.75, 3.05) is 0 Å². The maximum absolute atomic E-state index is 11.4. The minimum absolute atomic E-state index is 0.340. The smallest absolute Gasteiger partial charge is 0.338 e. The molecule has 5 unspecified atom stereocenters. The van der Waals surface area contributed by atoms with Crippen molar-refractivity contribution in [1.29, 1.82) is 0 Å². The van der Waals surface area contributed by atoms with Gasteiger partial charge in [0.15, 0.2) is 14.6 Å². The van der Waals surface area contributed by atoms with Crippen LogP contribution in [0.15, 0.2) is 0 Å². The van der Waals surface area contributed by atoms with Gasteiger partial charge >= 0.3 is 5.97 Å². The average molecular weight is 306 g/mol. The fourth-order valence-corrected chi connectivity index (χ4v) is 4.02. The first kappa shape index (κ1) is 17.6. The number of carbonyl (C=O) groups is 1. The van der Waals surface area contributed by atoms with Crippen molar-refractivity contribution in [2.45, 2.75) is 64.2 Å². The Morgan fingerprint density at radius 3 is 2.15 bits per heavy atom. The molecule has 0 aliphatic heterocycles. The molecular weight excluding hydrogens is 280 g/mol. The van der Waals surface area contributed by atoms with Crippen molar-refractivity contribution in [3.05, 3.63) is 0 Å². The first-order valence-electron chi connectivity index (χ1n) is 6.88. The molecule has 1 aliphatic carbocycles.